The minimum Gasteiger partial charge on any atom is -0.398 e. The number of rotatable bonds is 3. The monoisotopic (exact) mass is 421 g/mol. The van der Waals surface area contributed by atoms with Crippen molar-refractivity contribution in [2.24, 2.45) is 11.7 Å². The van der Waals surface area contributed by atoms with Crippen molar-refractivity contribution >= 4 is 11.3 Å². The van der Waals surface area contributed by atoms with Crippen molar-refractivity contribution in [2.45, 2.75) is 72.8 Å². The average molecular weight is 422 g/mol. The summed E-state index contributed by atoms with van der Waals surface area (Å²) < 4.78 is 14.5. The molecule has 0 aromatic heterocycles. The van der Waals surface area contributed by atoms with Crippen LogP contribution in [0.5, 0.6) is 0 Å². The fourth-order valence-corrected chi connectivity index (χ4v) is 4.12. The molecule has 1 saturated carbocycles. The maximum atomic E-state index is 14.5. The van der Waals surface area contributed by atoms with Gasteiger partial charge in [-0.25, -0.2) is 4.39 Å². The van der Waals surface area contributed by atoms with Gasteiger partial charge in [0.2, 0.25) is 0 Å². The van der Waals surface area contributed by atoms with E-state index >= 15 is 0 Å². The number of halogens is 1. The first-order chi connectivity index (χ1) is 14.7. The summed E-state index contributed by atoms with van der Waals surface area (Å²) in [6.07, 6.45) is 7.95. The van der Waals surface area contributed by atoms with Crippen molar-refractivity contribution in [3.63, 3.8) is 0 Å². The molecule has 1 aliphatic rings. The zero-order chi connectivity index (χ0) is 23.1. The van der Waals surface area contributed by atoms with E-state index in [1.165, 1.54) is 31.7 Å². The average Bonchev–Trinajstić information content (AvgIpc) is 2.73. The minimum atomic E-state index is -0.296. The number of allylic oxidation sites excluding steroid dienone is 1. The molecule has 1 fully saturated rings. The highest BCUT2D eigenvalue weighted by Crippen LogP contribution is 2.34. The first-order valence-electron chi connectivity index (χ1n) is 11.2. The zero-order valence-corrected chi connectivity index (χ0v) is 19.6. The Kier molecular flexibility index (Phi) is 8.83. The zero-order valence-electron chi connectivity index (χ0n) is 19.6. The molecule has 3 nitrogen and oxygen atoms in total. The summed E-state index contributed by atoms with van der Waals surface area (Å²) >= 11 is 0. The topological polar surface area (TPSA) is 75.8 Å². The van der Waals surface area contributed by atoms with Crippen molar-refractivity contribution in [3.05, 3.63) is 69.5 Å². The predicted octanol–water partition coefficient (Wildman–Crippen LogP) is 6.57. The molecule has 166 valence electrons. The van der Waals surface area contributed by atoms with Crippen LogP contribution in [0.15, 0.2) is 30.3 Å². The fraction of sp³-hybridized carbons (Fsp3) is 0.444. The molecule has 0 bridgehead atoms. The standard InChI is InChI=1S/C20H21FN2.C7H15N/c1-5-6-16(20-14(4)19(23)8-7-18(20)21)17-10-15(11-22)12(2)9-13(17)3;1-6-2-4-7(8)5-3-6/h6-10H,5,23H2,1-4H3;6-7H,2-5,8H2,1H3/b16-6+;. The Bertz CT molecular complexity index is 967. The molecule has 1 aliphatic carbocycles. The van der Waals surface area contributed by atoms with Crippen LogP contribution in [-0.4, -0.2) is 6.04 Å². The molecule has 4 N–H and O–H groups in total. The lowest BCUT2D eigenvalue weighted by Gasteiger charge is -2.22. The van der Waals surface area contributed by atoms with Crippen molar-refractivity contribution < 1.29 is 4.39 Å². The second kappa shape index (κ2) is 11.1. The SMILES string of the molecule is CC/C=C(\c1cc(C#N)c(C)cc1C)c1c(F)ccc(N)c1C.CC1CCC(N)CC1. The first kappa shape index (κ1) is 24.6. The summed E-state index contributed by atoms with van der Waals surface area (Å²) in [6.45, 7) is 10.0. The molecule has 31 heavy (non-hydrogen) atoms. The molecule has 0 amide bonds. The predicted molar refractivity (Wildman–Crippen MR) is 129 cm³/mol. The van der Waals surface area contributed by atoms with Crippen molar-refractivity contribution in [3.8, 4) is 6.07 Å². The van der Waals surface area contributed by atoms with Gasteiger partial charge < -0.3 is 11.5 Å². The van der Waals surface area contributed by atoms with Crippen LogP contribution in [0.4, 0.5) is 10.1 Å². The van der Waals surface area contributed by atoms with Gasteiger partial charge in [0.15, 0.2) is 0 Å². The van der Waals surface area contributed by atoms with E-state index in [9.17, 15) is 9.65 Å². The maximum Gasteiger partial charge on any atom is 0.131 e. The van der Waals surface area contributed by atoms with Crippen LogP contribution in [-0.2, 0) is 0 Å². The molecule has 4 heteroatoms. The Hall–Kier alpha value is -2.64. The summed E-state index contributed by atoms with van der Waals surface area (Å²) in [4.78, 5) is 0. The van der Waals surface area contributed by atoms with Gasteiger partial charge in [0.1, 0.15) is 5.82 Å². The van der Waals surface area contributed by atoms with Crippen molar-refractivity contribution in [1.82, 2.24) is 0 Å². The number of benzene rings is 2. The third-order valence-electron chi connectivity index (χ3n) is 6.18. The lowest BCUT2D eigenvalue weighted by molar-refractivity contribution is 0.348. The number of nitrogens with zero attached hydrogens (tertiary/aromatic N) is 1. The van der Waals surface area contributed by atoms with Gasteiger partial charge in [0, 0.05) is 17.3 Å². The van der Waals surface area contributed by atoms with Gasteiger partial charge in [0.25, 0.3) is 0 Å². The Balaban J connectivity index is 0.000000357. The van der Waals surface area contributed by atoms with E-state index in [0.717, 1.165) is 40.2 Å². The van der Waals surface area contributed by atoms with Crippen LogP contribution in [0.3, 0.4) is 0 Å². The number of nitrogen functional groups attached to an aromatic ring is 1. The molecule has 0 aliphatic heterocycles. The third kappa shape index (κ3) is 6.18. The summed E-state index contributed by atoms with van der Waals surface area (Å²) in [5, 5.41) is 9.31. The Morgan fingerprint density at radius 2 is 1.77 bits per heavy atom. The second-order valence-electron chi connectivity index (χ2n) is 8.78. The van der Waals surface area contributed by atoms with Crippen LogP contribution >= 0.6 is 0 Å². The van der Waals surface area contributed by atoms with E-state index < -0.39 is 0 Å². The summed E-state index contributed by atoms with van der Waals surface area (Å²) in [5.74, 6) is 0.643. The normalized spacial score (nSPS) is 18.7. The Labute approximate surface area is 187 Å². The number of anilines is 1. The largest absolute Gasteiger partial charge is 0.398 e. The van der Waals surface area contributed by atoms with E-state index in [1.54, 1.807) is 6.07 Å². The number of nitrogens with two attached hydrogens (primary N) is 2. The van der Waals surface area contributed by atoms with E-state index in [2.05, 4.69) is 13.0 Å². The molecule has 0 heterocycles. The molecule has 0 spiro atoms. The van der Waals surface area contributed by atoms with Crippen LogP contribution in [0.2, 0.25) is 0 Å². The van der Waals surface area contributed by atoms with Crippen molar-refractivity contribution in [2.75, 3.05) is 5.73 Å². The number of hydrogen-bond acceptors (Lipinski definition) is 3. The van der Waals surface area contributed by atoms with Gasteiger partial charge in [-0.2, -0.15) is 5.26 Å². The molecule has 2 aromatic rings. The molecule has 0 saturated heterocycles. The highest BCUT2D eigenvalue weighted by atomic mass is 19.1. The van der Waals surface area contributed by atoms with Crippen LogP contribution in [0, 0.1) is 43.8 Å². The first-order valence-corrected chi connectivity index (χ1v) is 11.2. The molecule has 0 atom stereocenters. The van der Waals surface area contributed by atoms with Gasteiger partial charge in [0.05, 0.1) is 11.6 Å². The van der Waals surface area contributed by atoms with Gasteiger partial charge in [-0.1, -0.05) is 26.0 Å². The Morgan fingerprint density at radius 3 is 2.32 bits per heavy atom. The highest BCUT2D eigenvalue weighted by Gasteiger charge is 2.17. The number of hydrogen-bond donors (Lipinski definition) is 2. The molecule has 3 rings (SSSR count). The lowest BCUT2D eigenvalue weighted by atomic mass is 9.88. The second-order valence-corrected chi connectivity index (χ2v) is 8.78. The quantitative estimate of drug-likeness (QED) is 0.550. The smallest absolute Gasteiger partial charge is 0.131 e. The number of nitriles is 1. The highest BCUT2D eigenvalue weighted by molar-refractivity contribution is 5.85. The fourth-order valence-electron chi connectivity index (χ4n) is 4.12. The van der Waals surface area contributed by atoms with E-state index in [-0.39, 0.29) is 5.82 Å². The minimum absolute atomic E-state index is 0.296. The summed E-state index contributed by atoms with van der Waals surface area (Å²) in [7, 11) is 0. The maximum absolute atomic E-state index is 14.5. The van der Waals surface area contributed by atoms with Crippen LogP contribution in [0.25, 0.3) is 5.57 Å². The van der Waals surface area contributed by atoms with Crippen LogP contribution < -0.4 is 11.5 Å². The van der Waals surface area contributed by atoms with Crippen molar-refractivity contribution in [1.29, 1.82) is 5.26 Å². The molecular formula is C27H36FN3. The number of aryl methyl sites for hydroxylation is 2. The van der Waals surface area contributed by atoms with Gasteiger partial charge in [-0.05, 0) is 105 Å². The summed E-state index contributed by atoms with van der Waals surface area (Å²) in [6, 6.07) is 9.52. The van der Waals surface area contributed by atoms with E-state index in [1.807, 2.05) is 45.9 Å². The Morgan fingerprint density at radius 1 is 1.13 bits per heavy atom. The van der Waals surface area contributed by atoms with Gasteiger partial charge in [-0.15, -0.1) is 0 Å². The molecule has 0 unspecified atom stereocenters. The summed E-state index contributed by atoms with van der Waals surface area (Å²) in [5.41, 5.74) is 17.7. The molecular weight excluding hydrogens is 385 g/mol. The molecule has 0 radical (unpaired) electrons. The van der Waals surface area contributed by atoms with Crippen LogP contribution in [0.1, 0.15) is 79.3 Å². The third-order valence-corrected chi connectivity index (χ3v) is 6.18. The van der Waals surface area contributed by atoms with E-state index in [0.29, 0.717) is 22.9 Å². The molecule has 2 aromatic carbocycles. The van der Waals surface area contributed by atoms with Gasteiger partial charge >= 0.3 is 0 Å². The van der Waals surface area contributed by atoms with E-state index in [4.69, 9.17) is 11.5 Å². The lowest BCUT2D eigenvalue weighted by Crippen LogP contribution is -2.25. The van der Waals surface area contributed by atoms with Gasteiger partial charge in [-0.3, -0.25) is 0 Å².